The largest absolute Gasteiger partial charge is 0.261 e. The molecule has 1 N–H and O–H groups in total. The molecule has 0 aliphatic carbocycles. The fraction of sp³-hybridized carbons (Fsp3) is 0.455. The first-order valence-corrected chi connectivity index (χ1v) is 5.12. The molecule has 0 aliphatic rings. The lowest BCUT2D eigenvalue weighted by Gasteiger charge is -2.05. The number of pyridine rings is 1. The molecule has 0 aromatic carbocycles. The predicted molar refractivity (Wildman–Crippen MR) is 57.2 cm³/mol. The Morgan fingerprint density at radius 3 is 3.14 bits per heavy atom. The Hall–Kier alpha value is -1.38. The van der Waals surface area contributed by atoms with Gasteiger partial charge in [-0.2, -0.15) is 5.10 Å². The molecule has 1 atom stereocenters. The molecule has 2 heterocycles. The highest BCUT2D eigenvalue weighted by Crippen LogP contribution is 2.24. The molecule has 0 saturated carbocycles. The van der Waals surface area contributed by atoms with Gasteiger partial charge >= 0.3 is 0 Å². The lowest BCUT2D eigenvalue weighted by molar-refractivity contribution is 0.648. The highest BCUT2D eigenvalue weighted by atomic mass is 15.1. The van der Waals surface area contributed by atoms with E-state index in [1.165, 1.54) is 12.8 Å². The van der Waals surface area contributed by atoms with Gasteiger partial charge in [-0.3, -0.25) is 5.10 Å². The van der Waals surface area contributed by atoms with Gasteiger partial charge in [0.05, 0.1) is 5.69 Å². The van der Waals surface area contributed by atoms with Crippen LogP contribution in [-0.4, -0.2) is 15.2 Å². The van der Waals surface area contributed by atoms with Gasteiger partial charge in [-0.1, -0.05) is 20.3 Å². The van der Waals surface area contributed by atoms with Crippen LogP contribution in [0.25, 0.3) is 11.0 Å². The Balaban J connectivity index is 2.42. The monoisotopic (exact) mass is 189 g/mol. The minimum atomic E-state index is 0.512. The summed E-state index contributed by atoms with van der Waals surface area (Å²) in [6.07, 6.45) is 4.15. The summed E-state index contributed by atoms with van der Waals surface area (Å²) >= 11 is 0. The fourth-order valence-electron chi connectivity index (χ4n) is 1.82. The molecule has 0 fully saturated rings. The summed E-state index contributed by atoms with van der Waals surface area (Å²) < 4.78 is 0. The second kappa shape index (κ2) is 3.78. The average molecular weight is 189 g/mol. The van der Waals surface area contributed by atoms with Crippen molar-refractivity contribution in [2.45, 2.75) is 32.6 Å². The van der Waals surface area contributed by atoms with E-state index in [0.29, 0.717) is 5.92 Å². The highest BCUT2D eigenvalue weighted by Gasteiger charge is 2.12. The Kier molecular flexibility index (Phi) is 2.48. The Morgan fingerprint density at radius 2 is 2.36 bits per heavy atom. The van der Waals surface area contributed by atoms with Crippen molar-refractivity contribution in [3.8, 4) is 0 Å². The minimum Gasteiger partial charge on any atom is -0.261 e. The van der Waals surface area contributed by atoms with Crippen LogP contribution in [-0.2, 0) is 0 Å². The third-order valence-corrected chi connectivity index (χ3v) is 2.55. The van der Waals surface area contributed by atoms with Crippen LogP contribution < -0.4 is 0 Å². The molecule has 74 valence electrons. The summed E-state index contributed by atoms with van der Waals surface area (Å²) in [7, 11) is 0. The lowest BCUT2D eigenvalue weighted by atomic mass is 10.0. The van der Waals surface area contributed by atoms with E-state index in [2.05, 4.69) is 35.1 Å². The topological polar surface area (TPSA) is 41.6 Å². The molecule has 3 nitrogen and oxygen atoms in total. The van der Waals surface area contributed by atoms with Crippen molar-refractivity contribution in [3.63, 3.8) is 0 Å². The molecule has 0 amide bonds. The van der Waals surface area contributed by atoms with Crippen molar-refractivity contribution < 1.29 is 0 Å². The maximum atomic E-state index is 4.33. The van der Waals surface area contributed by atoms with Gasteiger partial charge in [0.25, 0.3) is 0 Å². The zero-order valence-corrected chi connectivity index (χ0v) is 8.62. The maximum Gasteiger partial charge on any atom is 0.155 e. The van der Waals surface area contributed by atoms with E-state index in [-0.39, 0.29) is 0 Å². The SMILES string of the molecule is CCCC(C)c1n[nH]c2ncccc12. The van der Waals surface area contributed by atoms with Crippen molar-refractivity contribution in [3.05, 3.63) is 24.0 Å². The Bertz CT molecular complexity index is 419. The first kappa shape index (κ1) is 9.19. The number of H-pyrrole nitrogens is 1. The standard InChI is InChI=1S/C11H15N3/c1-3-5-8(2)10-9-6-4-7-12-11(9)14-13-10/h4,6-8H,3,5H2,1-2H3,(H,12,13,14). The third-order valence-electron chi connectivity index (χ3n) is 2.55. The van der Waals surface area contributed by atoms with E-state index < -0.39 is 0 Å². The van der Waals surface area contributed by atoms with E-state index in [4.69, 9.17) is 0 Å². The van der Waals surface area contributed by atoms with E-state index in [1.807, 2.05) is 6.07 Å². The van der Waals surface area contributed by atoms with Crippen molar-refractivity contribution in [2.24, 2.45) is 0 Å². The zero-order valence-electron chi connectivity index (χ0n) is 8.62. The Labute approximate surface area is 83.6 Å². The van der Waals surface area contributed by atoms with E-state index in [9.17, 15) is 0 Å². The summed E-state index contributed by atoms with van der Waals surface area (Å²) in [6, 6.07) is 4.04. The number of nitrogens with zero attached hydrogens (tertiary/aromatic N) is 2. The van der Waals surface area contributed by atoms with Crippen LogP contribution in [0.5, 0.6) is 0 Å². The molecular formula is C11H15N3. The number of nitrogens with one attached hydrogen (secondary N) is 1. The van der Waals surface area contributed by atoms with Crippen LogP contribution >= 0.6 is 0 Å². The highest BCUT2D eigenvalue weighted by molar-refractivity contribution is 5.77. The quantitative estimate of drug-likeness (QED) is 0.806. The van der Waals surface area contributed by atoms with Gasteiger partial charge in [0.1, 0.15) is 0 Å². The first-order valence-electron chi connectivity index (χ1n) is 5.12. The molecule has 2 aromatic rings. The molecule has 2 rings (SSSR count). The number of hydrogen-bond acceptors (Lipinski definition) is 2. The van der Waals surface area contributed by atoms with Crippen molar-refractivity contribution >= 4 is 11.0 Å². The van der Waals surface area contributed by atoms with Crippen LogP contribution in [0.4, 0.5) is 0 Å². The fourth-order valence-corrected chi connectivity index (χ4v) is 1.82. The Morgan fingerprint density at radius 1 is 1.50 bits per heavy atom. The smallest absolute Gasteiger partial charge is 0.155 e. The molecule has 1 unspecified atom stereocenters. The number of fused-ring (bicyclic) bond motifs is 1. The molecule has 0 aliphatic heterocycles. The third kappa shape index (κ3) is 1.50. The summed E-state index contributed by atoms with van der Waals surface area (Å²) in [4.78, 5) is 4.23. The van der Waals surface area contributed by atoms with Gasteiger partial charge in [0.2, 0.25) is 0 Å². The summed E-state index contributed by atoms with van der Waals surface area (Å²) in [5.74, 6) is 0.512. The minimum absolute atomic E-state index is 0.512. The molecule has 14 heavy (non-hydrogen) atoms. The van der Waals surface area contributed by atoms with Gasteiger partial charge in [-0.05, 0) is 18.6 Å². The van der Waals surface area contributed by atoms with Gasteiger partial charge in [-0.15, -0.1) is 0 Å². The zero-order chi connectivity index (χ0) is 9.97. The summed E-state index contributed by atoms with van der Waals surface area (Å²) in [5, 5.41) is 8.45. The van der Waals surface area contributed by atoms with Crippen LogP contribution in [0.1, 0.15) is 38.3 Å². The second-order valence-electron chi connectivity index (χ2n) is 3.70. The maximum absolute atomic E-state index is 4.33. The van der Waals surface area contributed by atoms with Crippen LogP contribution in [0, 0.1) is 0 Å². The van der Waals surface area contributed by atoms with Crippen LogP contribution in [0.3, 0.4) is 0 Å². The molecule has 3 heteroatoms. The van der Waals surface area contributed by atoms with E-state index >= 15 is 0 Å². The van der Waals surface area contributed by atoms with Crippen molar-refractivity contribution in [2.75, 3.05) is 0 Å². The molecule has 0 saturated heterocycles. The summed E-state index contributed by atoms with van der Waals surface area (Å²) in [5.41, 5.74) is 2.04. The van der Waals surface area contributed by atoms with Gasteiger partial charge in [-0.25, -0.2) is 4.98 Å². The molecule has 0 spiro atoms. The van der Waals surface area contributed by atoms with Gasteiger partial charge in [0.15, 0.2) is 5.65 Å². The molecule has 2 aromatic heterocycles. The molecular weight excluding hydrogens is 174 g/mol. The van der Waals surface area contributed by atoms with Crippen molar-refractivity contribution in [1.82, 2.24) is 15.2 Å². The molecule has 0 radical (unpaired) electrons. The predicted octanol–water partition coefficient (Wildman–Crippen LogP) is 2.86. The number of aromatic amines is 1. The average Bonchev–Trinajstić information content (AvgIpc) is 2.61. The van der Waals surface area contributed by atoms with Gasteiger partial charge < -0.3 is 0 Å². The summed E-state index contributed by atoms with van der Waals surface area (Å²) in [6.45, 7) is 4.41. The normalized spacial score (nSPS) is 13.3. The lowest BCUT2D eigenvalue weighted by Crippen LogP contribution is -1.93. The first-order chi connectivity index (χ1) is 6.83. The van der Waals surface area contributed by atoms with E-state index in [1.54, 1.807) is 6.20 Å². The van der Waals surface area contributed by atoms with Crippen LogP contribution in [0.15, 0.2) is 18.3 Å². The van der Waals surface area contributed by atoms with Crippen LogP contribution in [0.2, 0.25) is 0 Å². The second-order valence-corrected chi connectivity index (χ2v) is 3.70. The number of rotatable bonds is 3. The van der Waals surface area contributed by atoms with E-state index in [0.717, 1.165) is 16.7 Å². The van der Waals surface area contributed by atoms with Crippen molar-refractivity contribution in [1.29, 1.82) is 0 Å². The molecule has 0 bridgehead atoms. The number of hydrogen-bond donors (Lipinski definition) is 1. The van der Waals surface area contributed by atoms with Gasteiger partial charge in [0, 0.05) is 17.5 Å². The number of aromatic nitrogens is 3.